The smallest absolute Gasteiger partial charge is 0.127 e. The van der Waals surface area contributed by atoms with Crippen molar-refractivity contribution in [2.75, 3.05) is 13.7 Å². The van der Waals surface area contributed by atoms with Crippen LogP contribution in [0.4, 0.5) is 0 Å². The summed E-state index contributed by atoms with van der Waals surface area (Å²) in [6, 6.07) is 2.36. The topological polar surface area (TPSA) is 30.5 Å². The van der Waals surface area contributed by atoms with E-state index in [9.17, 15) is 0 Å². The quantitative estimate of drug-likeness (QED) is 0.754. The predicted octanol–water partition coefficient (Wildman–Crippen LogP) is 2.20. The lowest BCUT2D eigenvalue weighted by atomic mass is 9.96. The van der Waals surface area contributed by atoms with E-state index in [0.717, 1.165) is 5.75 Å². The standard InChI is InChI=1S/C12H17NO2/c1-7-5-8(2)11-10(13-14-4)6-15-12(11)9(7)3/h5,10,13H,6H2,1-4H3. The maximum absolute atomic E-state index is 5.71. The molecule has 0 aromatic heterocycles. The lowest BCUT2D eigenvalue weighted by molar-refractivity contribution is 0.0534. The molecule has 1 aliphatic rings. The summed E-state index contributed by atoms with van der Waals surface area (Å²) in [5.41, 5.74) is 7.98. The van der Waals surface area contributed by atoms with Crippen LogP contribution in [0.1, 0.15) is 28.3 Å². The summed E-state index contributed by atoms with van der Waals surface area (Å²) in [5.74, 6) is 1.03. The molecule has 0 amide bonds. The van der Waals surface area contributed by atoms with Gasteiger partial charge < -0.3 is 9.57 Å². The SMILES string of the molecule is CONC1COc2c(C)c(C)cc(C)c21. The van der Waals surface area contributed by atoms with Gasteiger partial charge in [0.25, 0.3) is 0 Å². The normalized spacial score (nSPS) is 18.8. The molecule has 0 saturated carbocycles. The van der Waals surface area contributed by atoms with E-state index in [4.69, 9.17) is 9.57 Å². The van der Waals surface area contributed by atoms with Crippen molar-refractivity contribution in [3.63, 3.8) is 0 Å². The third-order valence-electron chi connectivity index (χ3n) is 3.04. The van der Waals surface area contributed by atoms with Gasteiger partial charge in [0.1, 0.15) is 12.4 Å². The fourth-order valence-corrected chi connectivity index (χ4v) is 2.18. The lowest BCUT2D eigenvalue weighted by Gasteiger charge is -2.13. The molecule has 0 radical (unpaired) electrons. The van der Waals surface area contributed by atoms with Crippen molar-refractivity contribution in [3.8, 4) is 5.75 Å². The Labute approximate surface area is 90.3 Å². The molecule has 0 bridgehead atoms. The first kappa shape index (κ1) is 10.5. The first-order valence-electron chi connectivity index (χ1n) is 5.17. The number of nitrogens with one attached hydrogen (secondary N) is 1. The molecule has 1 unspecified atom stereocenters. The van der Waals surface area contributed by atoms with Gasteiger partial charge in [-0.25, -0.2) is 0 Å². The van der Waals surface area contributed by atoms with Crippen molar-refractivity contribution < 1.29 is 9.57 Å². The minimum absolute atomic E-state index is 0.157. The van der Waals surface area contributed by atoms with Gasteiger partial charge in [-0.2, -0.15) is 5.48 Å². The summed E-state index contributed by atoms with van der Waals surface area (Å²) in [5, 5.41) is 0. The highest BCUT2D eigenvalue weighted by molar-refractivity contribution is 5.53. The Hall–Kier alpha value is -1.06. The Morgan fingerprint density at radius 3 is 2.73 bits per heavy atom. The third-order valence-corrected chi connectivity index (χ3v) is 3.04. The zero-order chi connectivity index (χ0) is 11.0. The van der Waals surface area contributed by atoms with Gasteiger partial charge in [0.05, 0.1) is 13.2 Å². The lowest BCUT2D eigenvalue weighted by Crippen LogP contribution is -2.21. The Morgan fingerprint density at radius 2 is 2.07 bits per heavy atom. The number of hydrogen-bond acceptors (Lipinski definition) is 3. The second-order valence-electron chi connectivity index (χ2n) is 4.06. The summed E-state index contributed by atoms with van der Waals surface area (Å²) in [6.07, 6.45) is 0. The van der Waals surface area contributed by atoms with Crippen molar-refractivity contribution in [2.45, 2.75) is 26.8 Å². The molecule has 1 N–H and O–H groups in total. The van der Waals surface area contributed by atoms with Crippen LogP contribution in [0.25, 0.3) is 0 Å². The van der Waals surface area contributed by atoms with Crippen LogP contribution in [0.2, 0.25) is 0 Å². The molecule has 1 aromatic carbocycles. The number of rotatable bonds is 2. The fourth-order valence-electron chi connectivity index (χ4n) is 2.18. The molecule has 3 heteroatoms. The summed E-state index contributed by atoms with van der Waals surface area (Å²) >= 11 is 0. The van der Waals surface area contributed by atoms with Crippen LogP contribution < -0.4 is 10.2 Å². The van der Waals surface area contributed by atoms with Gasteiger partial charge in [0, 0.05) is 5.56 Å². The molecule has 2 rings (SSSR count). The van der Waals surface area contributed by atoms with Gasteiger partial charge in [-0.15, -0.1) is 0 Å². The average molecular weight is 207 g/mol. The highest BCUT2D eigenvalue weighted by Crippen LogP contribution is 2.39. The van der Waals surface area contributed by atoms with Crippen molar-refractivity contribution in [3.05, 3.63) is 28.3 Å². The van der Waals surface area contributed by atoms with E-state index in [2.05, 4.69) is 32.3 Å². The second kappa shape index (κ2) is 3.83. The predicted molar refractivity (Wildman–Crippen MR) is 59.0 cm³/mol. The Morgan fingerprint density at radius 1 is 1.33 bits per heavy atom. The third kappa shape index (κ3) is 1.62. The van der Waals surface area contributed by atoms with Crippen LogP contribution in [-0.4, -0.2) is 13.7 Å². The maximum Gasteiger partial charge on any atom is 0.127 e. The molecule has 1 heterocycles. The summed E-state index contributed by atoms with van der Waals surface area (Å²) in [4.78, 5) is 4.98. The largest absolute Gasteiger partial charge is 0.491 e. The van der Waals surface area contributed by atoms with E-state index in [0.29, 0.717) is 6.61 Å². The van der Waals surface area contributed by atoms with E-state index < -0.39 is 0 Å². The van der Waals surface area contributed by atoms with E-state index in [1.165, 1.54) is 22.3 Å². The molecule has 3 nitrogen and oxygen atoms in total. The van der Waals surface area contributed by atoms with Crippen LogP contribution >= 0.6 is 0 Å². The van der Waals surface area contributed by atoms with Gasteiger partial charge in [-0.3, -0.25) is 0 Å². The maximum atomic E-state index is 5.71. The molecule has 1 atom stereocenters. The van der Waals surface area contributed by atoms with Crippen LogP contribution in [-0.2, 0) is 4.84 Å². The van der Waals surface area contributed by atoms with E-state index in [1.807, 2.05) is 0 Å². The number of hydrogen-bond donors (Lipinski definition) is 1. The van der Waals surface area contributed by atoms with Gasteiger partial charge in [-0.1, -0.05) is 6.07 Å². The van der Waals surface area contributed by atoms with Crippen LogP contribution in [0.3, 0.4) is 0 Å². The number of hydroxylamine groups is 1. The highest BCUT2D eigenvalue weighted by Gasteiger charge is 2.28. The first-order chi connectivity index (χ1) is 7.15. The van der Waals surface area contributed by atoms with E-state index in [1.54, 1.807) is 7.11 Å². The molecule has 1 aliphatic heterocycles. The van der Waals surface area contributed by atoms with Crippen LogP contribution in [0.5, 0.6) is 5.75 Å². The molecule has 15 heavy (non-hydrogen) atoms. The van der Waals surface area contributed by atoms with Crippen molar-refractivity contribution in [1.29, 1.82) is 0 Å². The molecule has 0 spiro atoms. The van der Waals surface area contributed by atoms with Crippen LogP contribution in [0, 0.1) is 20.8 Å². The number of ether oxygens (including phenoxy) is 1. The number of fused-ring (bicyclic) bond motifs is 1. The van der Waals surface area contributed by atoms with Crippen molar-refractivity contribution >= 4 is 0 Å². The molecule has 0 fully saturated rings. The molecule has 82 valence electrons. The van der Waals surface area contributed by atoms with Gasteiger partial charge in [0.15, 0.2) is 0 Å². The zero-order valence-electron chi connectivity index (χ0n) is 9.68. The Kier molecular flexibility index (Phi) is 2.67. The summed E-state index contributed by atoms with van der Waals surface area (Å²) in [6.45, 7) is 6.98. The van der Waals surface area contributed by atoms with Gasteiger partial charge in [-0.05, 0) is 37.5 Å². The fraction of sp³-hybridized carbons (Fsp3) is 0.500. The minimum Gasteiger partial charge on any atom is -0.491 e. The highest BCUT2D eigenvalue weighted by atomic mass is 16.6. The van der Waals surface area contributed by atoms with Gasteiger partial charge >= 0.3 is 0 Å². The summed E-state index contributed by atoms with van der Waals surface area (Å²) < 4.78 is 5.71. The molecule has 1 aromatic rings. The van der Waals surface area contributed by atoms with E-state index >= 15 is 0 Å². The molecule has 0 saturated heterocycles. The minimum atomic E-state index is 0.157. The van der Waals surface area contributed by atoms with Crippen molar-refractivity contribution in [2.24, 2.45) is 0 Å². The zero-order valence-corrected chi connectivity index (χ0v) is 9.68. The molecular weight excluding hydrogens is 190 g/mol. The monoisotopic (exact) mass is 207 g/mol. The van der Waals surface area contributed by atoms with Gasteiger partial charge in [0.2, 0.25) is 0 Å². The van der Waals surface area contributed by atoms with E-state index in [-0.39, 0.29) is 6.04 Å². The summed E-state index contributed by atoms with van der Waals surface area (Å²) in [7, 11) is 1.63. The molecule has 0 aliphatic carbocycles. The number of benzene rings is 1. The Bertz CT molecular complexity index is 388. The number of aryl methyl sites for hydroxylation is 2. The van der Waals surface area contributed by atoms with Crippen molar-refractivity contribution in [1.82, 2.24) is 5.48 Å². The average Bonchev–Trinajstić information content (AvgIpc) is 2.59. The Balaban J connectivity index is 2.49. The first-order valence-corrected chi connectivity index (χ1v) is 5.17. The van der Waals surface area contributed by atoms with Crippen LogP contribution in [0.15, 0.2) is 6.07 Å². The second-order valence-corrected chi connectivity index (χ2v) is 4.06. The molecular formula is C12H17NO2.